The van der Waals surface area contributed by atoms with E-state index in [2.05, 4.69) is 4.98 Å². The minimum absolute atomic E-state index is 0.115. The minimum atomic E-state index is -0.824. The minimum Gasteiger partial charge on any atom is -0.457 e. The number of carbonyl (C=O) groups excluding carboxylic acids is 1. The molecule has 2 aromatic rings. The molecule has 2 heterocycles. The maximum Gasteiger partial charge on any atom is 0.349 e. The molecule has 1 aliphatic rings. The number of nitro benzene ring substituents is 1. The molecule has 3 rings (SSSR count). The molecule has 0 bridgehead atoms. The van der Waals surface area contributed by atoms with Crippen LogP contribution in [0.3, 0.4) is 0 Å². The molecule has 0 radical (unpaired) electrons. The second-order valence-electron chi connectivity index (χ2n) is 5.51. The van der Waals surface area contributed by atoms with Crippen molar-refractivity contribution in [2.75, 3.05) is 13.2 Å². The molecule has 0 saturated carbocycles. The molecule has 10 nitrogen and oxygen atoms in total. The summed E-state index contributed by atoms with van der Waals surface area (Å²) in [5, 5.41) is 10.6. The molecule has 1 saturated heterocycles. The van der Waals surface area contributed by atoms with Gasteiger partial charge in [0.2, 0.25) is 0 Å². The zero-order chi connectivity index (χ0) is 18.7. The third-order valence-corrected chi connectivity index (χ3v) is 3.68. The van der Waals surface area contributed by atoms with Crippen LogP contribution in [0.25, 0.3) is 0 Å². The number of aromatic nitrogens is 2. The average molecular weight is 361 g/mol. The Labute approximate surface area is 147 Å². The number of benzene rings is 1. The molecular weight excluding hydrogens is 346 g/mol. The maximum atomic E-state index is 12.0. The van der Waals surface area contributed by atoms with Crippen molar-refractivity contribution in [3.05, 3.63) is 68.4 Å². The zero-order valence-electron chi connectivity index (χ0n) is 13.7. The predicted octanol–water partition coefficient (Wildman–Crippen LogP) is 1.19. The fourth-order valence-electron chi connectivity index (χ4n) is 2.34. The van der Waals surface area contributed by atoms with Crippen LogP contribution < -0.4 is 5.69 Å². The summed E-state index contributed by atoms with van der Waals surface area (Å²) in [6.45, 7) is 1.64. The highest BCUT2D eigenvalue weighted by atomic mass is 16.7. The Hall–Kier alpha value is -3.11. The third-order valence-electron chi connectivity index (χ3n) is 3.68. The standard InChI is InChI=1S/C16H15N3O7/c1-10-6-7-18(16(21)17-10)13-8-24-14(26-13)9-25-15(20)11-2-4-12(5-3-11)19(22)23/h2-7,13-14H,8-9H2,1H3/t13-,14-/m0/s1. The largest absolute Gasteiger partial charge is 0.457 e. The van der Waals surface area contributed by atoms with Crippen LogP contribution in [-0.4, -0.2) is 39.9 Å². The van der Waals surface area contributed by atoms with Gasteiger partial charge in [-0.15, -0.1) is 0 Å². The number of hydrogen-bond acceptors (Lipinski definition) is 8. The Kier molecular flexibility index (Phi) is 5.05. The lowest BCUT2D eigenvalue weighted by atomic mass is 10.2. The van der Waals surface area contributed by atoms with Gasteiger partial charge in [0, 0.05) is 24.0 Å². The first kappa shape index (κ1) is 17.7. The summed E-state index contributed by atoms with van der Waals surface area (Å²) in [4.78, 5) is 37.7. The van der Waals surface area contributed by atoms with E-state index in [1.807, 2.05) is 0 Å². The molecule has 0 N–H and O–H groups in total. The molecule has 1 aliphatic heterocycles. The first-order valence-electron chi connectivity index (χ1n) is 7.68. The number of hydrogen-bond donors (Lipinski definition) is 0. The summed E-state index contributed by atoms with van der Waals surface area (Å²) >= 11 is 0. The van der Waals surface area contributed by atoms with Gasteiger partial charge in [0.25, 0.3) is 5.69 Å². The molecule has 1 fully saturated rings. The van der Waals surface area contributed by atoms with E-state index >= 15 is 0 Å². The Bertz CT molecular complexity index is 878. The highest BCUT2D eigenvalue weighted by molar-refractivity contribution is 5.89. The van der Waals surface area contributed by atoms with E-state index < -0.39 is 29.1 Å². The second kappa shape index (κ2) is 7.42. The number of rotatable bonds is 5. The van der Waals surface area contributed by atoms with Crippen LogP contribution in [0.1, 0.15) is 22.3 Å². The summed E-state index contributed by atoms with van der Waals surface area (Å²) in [6, 6.07) is 6.71. The summed E-state index contributed by atoms with van der Waals surface area (Å²) < 4.78 is 17.3. The molecule has 136 valence electrons. The van der Waals surface area contributed by atoms with Crippen molar-refractivity contribution in [1.29, 1.82) is 0 Å². The fraction of sp³-hybridized carbons (Fsp3) is 0.312. The van der Waals surface area contributed by atoms with Gasteiger partial charge in [-0.25, -0.2) is 9.59 Å². The van der Waals surface area contributed by atoms with Gasteiger partial charge in [-0.2, -0.15) is 4.98 Å². The quantitative estimate of drug-likeness (QED) is 0.442. The summed E-state index contributed by atoms with van der Waals surface area (Å²) in [5.74, 6) is -0.662. The van der Waals surface area contributed by atoms with Crippen molar-refractivity contribution in [2.24, 2.45) is 0 Å². The summed E-state index contributed by atoms with van der Waals surface area (Å²) in [7, 11) is 0. The van der Waals surface area contributed by atoms with Crippen LogP contribution >= 0.6 is 0 Å². The number of nitrogens with zero attached hydrogens (tertiary/aromatic N) is 3. The first-order valence-corrected chi connectivity index (χ1v) is 7.68. The van der Waals surface area contributed by atoms with E-state index in [4.69, 9.17) is 14.2 Å². The molecule has 0 aliphatic carbocycles. The smallest absolute Gasteiger partial charge is 0.349 e. The molecule has 1 aromatic carbocycles. The van der Waals surface area contributed by atoms with Crippen molar-refractivity contribution in [3.63, 3.8) is 0 Å². The first-order chi connectivity index (χ1) is 12.4. The third kappa shape index (κ3) is 3.92. The van der Waals surface area contributed by atoms with E-state index in [1.54, 1.807) is 19.2 Å². The zero-order valence-corrected chi connectivity index (χ0v) is 13.7. The van der Waals surface area contributed by atoms with Crippen molar-refractivity contribution in [2.45, 2.75) is 19.4 Å². The number of ether oxygens (including phenoxy) is 3. The summed E-state index contributed by atoms with van der Waals surface area (Å²) in [6.07, 6.45) is 0.0816. The number of aryl methyl sites for hydroxylation is 1. The number of esters is 1. The highest BCUT2D eigenvalue weighted by Gasteiger charge is 2.29. The lowest BCUT2D eigenvalue weighted by Gasteiger charge is -2.13. The van der Waals surface area contributed by atoms with Crippen LogP contribution in [0, 0.1) is 17.0 Å². The van der Waals surface area contributed by atoms with Crippen molar-refractivity contribution >= 4 is 11.7 Å². The highest BCUT2D eigenvalue weighted by Crippen LogP contribution is 2.20. The fourth-order valence-corrected chi connectivity index (χ4v) is 2.34. The van der Waals surface area contributed by atoms with Crippen LogP contribution in [0.5, 0.6) is 0 Å². The lowest BCUT2D eigenvalue weighted by Crippen LogP contribution is -2.28. The van der Waals surface area contributed by atoms with Gasteiger partial charge < -0.3 is 14.2 Å². The lowest BCUT2D eigenvalue weighted by molar-refractivity contribution is -0.384. The second-order valence-corrected chi connectivity index (χ2v) is 5.51. The van der Waals surface area contributed by atoms with E-state index in [9.17, 15) is 19.7 Å². The van der Waals surface area contributed by atoms with Gasteiger partial charge in [0.15, 0.2) is 12.5 Å². The van der Waals surface area contributed by atoms with E-state index in [0.29, 0.717) is 5.69 Å². The SMILES string of the molecule is Cc1ccn([C@@H]2CO[C@H](COC(=O)c3ccc([N+](=O)[O-])cc3)O2)c(=O)n1. The molecule has 0 unspecified atom stereocenters. The van der Waals surface area contributed by atoms with Crippen LogP contribution in [0.15, 0.2) is 41.3 Å². The molecule has 26 heavy (non-hydrogen) atoms. The predicted molar refractivity (Wildman–Crippen MR) is 86.5 cm³/mol. The molecule has 0 amide bonds. The summed E-state index contributed by atoms with van der Waals surface area (Å²) in [5.41, 5.74) is 0.189. The van der Waals surface area contributed by atoms with Crippen molar-refractivity contribution < 1.29 is 23.9 Å². The van der Waals surface area contributed by atoms with Gasteiger partial charge in [-0.05, 0) is 25.1 Å². The van der Waals surface area contributed by atoms with Gasteiger partial charge in [0.05, 0.1) is 17.1 Å². The average Bonchev–Trinajstić information content (AvgIpc) is 3.08. The Morgan fingerprint density at radius 1 is 1.38 bits per heavy atom. The normalized spacial score (nSPS) is 19.3. The van der Waals surface area contributed by atoms with E-state index in [-0.39, 0.29) is 24.5 Å². The Morgan fingerprint density at radius 3 is 2.77 bits per heavy atom. The van der Waals surface area contributed by atoms with E-state index in [1.165, 1.54) is 28.8 Å². The number of nitro groups is 1. The van der Waals surface area contributed by atoms with E-state index in [0.717, 1.165) is 0 Å². The van der Waals surface area contributed by atoms with Crippen molar-refractivity contribution in [3.8, 4) is 0 Å². The molecule has 10 heteroatoms. The number of non-ortho nitro benzene ring substituents is 1. The maximum absolute atomic E-state index is 12.0. The van der Waals surface area contributed by atoms with Crippen LogP contribution in [-0.2, 0) is 14.2 Å². The monoisotopic (exact) mass is 361 g/mol. The molecule has 0 spiro atoms. The van der Waals surface area contributed by atoms with Gasteiger partial charge in [-0.1, -0.05) is 0 Å². The molecule has 2 atom stereocenters. The Balaban J connectivity index is 1.55. The van der Waals surface area contributed by atoms with Gasteiger partial charge in [0.1, 0.15) is 6.61 Å². The Morgan fingerprint density at radius 2 is 2.12 bits per heavy atom. The van der Waals surface area contributed by atoms with Crippen LogP contribution in [0.4, 0.5) is 5.69 Å². The van der Waals surface area contributed by atoms with Gasteiger partial charge >= 0.3 is 11.7 Å². The molecule has 1 aromatic heterocycles. The van der Waals surface area contributed by atoms with Crippen LogP contribution in [0.2, 0.25) is 0 Å². The van der Waals surface area contributed by atoms with Crippen molar-refractivity contribution in [1.82, 2.24) is 9.55 Å². The number of carbonyl (C=O) groups is 1. The topological polar surface area (TPSA) is 123 Å². The van der Waals surface area contributed by atoms with Gasteiger partial charge in [-0.3, -0.25) is 14.7 Å². The molecular formula is C16H15N3O7.